The van der Waals surface area contributed by atoms with E-state index in [-0.39, 0.29) is 11.7 Å². The fourth-order valence-corrected chi connectivity index (χ4v) is 3.27. The second kappa shape index (κ2) is 7.47. The molecule has 2 aromatic rings. The molecule has 1 N–H and O–H groups in total. The number of esters is 1. The monoisotopic (exact) mass is 362 g/mol. The van der Waals surface area contributed by atoms with Gasteiger partial charge in [-0.3, -0.25) is 4.79 Å². The highest BCUT2D eigenvalue weighted by atomic mass is 35.5. The summed E-state index contributed by atoms with van der Waals surface area (Å²) in [5, 5.41) is 12.6. The predicted octanol–water partition coefficient (Wildman–Crippen LogP) is 4.40. The Labute approximate surface area is 148 Å². The van der Waals surface area contributed by atoms with E-state index in [1.54, 1.807) is 45.0 Å². The molecule has 0 unspecified atom stereocenters. The molecule has 1 aromatic heterocycles. The lowest BCUT2D eigenvalue weighted by Gasteiger charge is -2.06. The number of nitrogens with one attached hydrogen (secondary N) is 1. The summed E-state index contributed by atoms with van der Waals surface area (Å²) in [6.07, 6.45) is -0.272. The SMILES string of the molecule is Cc1c(C(=O)OC(C)C)sc(NC(=O)c2ccccc2Cl)c1C#N. The number of rotatable bonds is 4. The van der Waals surface area contributed by atoms with Crippen LogP contribution in [-0.4, -0.2) is 18.0 Å². The maximum absolute atomic E-state index is 12.4. The van der Waals surface area contributed by atoms with Crippen LogP contribution in [0.2, 0.25) is 5.02 Å². The van der Waals surface area contributed by atoms with E-state index in [1.165, 1.54) is 0 Å². The van der Waals surface area contributed by atoms with Crippen LogP contribution in [0.1, 0.15) is 45.0 Å². The zero-order valence-corrected chi connectivity index (χ0v) is 14.9. The minimum atomic E-state index is -0.512. The van der Waals surface area contributed by atoms with Gasteiger partial charge in [-0.1, -0.05) is 23.7 Å². The van der Waals surface area contributed by atoms with Crippen LogP contribution < -0.4 is 5.32 Å². The van der Waals surface area contributed by atoms with Gasteiger partial charge in [-0.15, -0.1) is 11.3 Å². The number of carbonyl (C=O) groups is 2. The molecule has 0 aliphatic heterocycles. The molecule has 124 valence electrons. The molecule has 1 heterocycles. The van der Waals surface area contributed by atoms with Crippen molar-refractivity contribution >= 4 is 39.8 Å². The number of anilines is 1. The van der Waals surface area contributed by atoms with Gasteiger partial charge in [-0.2, -0.15) is 5.26 Å². The van der Waals surface area contributed by atoms with Gasteiger partial charge in [0, 0.05) is 0 Å². The lowest BCUT2D eigenvalue weighted by atomic mass is 10.1. The number of amides is 1. The number of carbonyl (C=O) groups excluding carboxylic acids is 2. The predicted molar refractivity (Wildman–Crippen MR) is 93.7 cm³/mol. The first kappa shape index (κ1) is 18.0. The number of halogens is 1. The molecule has 0 radical (unpaired) electrons. The first-order valence-corrected chi connectivity index (χ1v) is 8.35. The first-order chi connectivity index (χ1) is 11.3. The van der Waals surface area contributed by atoms with E-state index in [0.29, 0.717) is 26.0 Å². The minimum absolute atomic E-state index is 0.246. The standard InChI is InChI=1S/C17H15ClN2O3S/c1-9(2)23-17(22)14-10(3)12(8-19)16(24-14)20-15(21)11-6-4-5-7-13(11)18/h4-7,9H,1-3H3,(H,20,21). The lowest BCUT2D eigenvalue weighted by Crippen LogP contribution is -2.12. The largest absolute Gasteiger partial charge is 0.459 e. The van der Waals surface area contributed by atoms with Crippen LogP contribution in [0, 0.1) is 18.3 Å². The molecule has 0 saturated heterocycles. The number of hydrogen-bond donors (Lipinski definition) is 1. The van der Waals surface area contributed by atoms with Crippen LogP contribution in [0.15, 0.2) is 24.3 Å². The van der Waals surface area contributed by atoms with E-state index < -0.39 is 11.9 Å². The number of nitrogens with zero attached hydrogens (tertiary/aromatic N) is 1. The maximum Gasteiger partial charge on any atom is 0.348 e. The molecule has 0 atom stereocenters. The van der Waals surface area contributed by atoms with Gasteiger partial charge in [-0.25, -0.2) is 4.79 Å². The maximum atomic E-state index is 12.4. The van der Waals surface area contributed by atoms with Crippen molar-refractivity contribution in [2.24, 2.45) is 0 Å². The molecule has 0 aliphatic rings. The molecule has 24 heavy (non-hydrogen) atoms. The van der Waals surface area contributed by atoms with Gasteiger partial charge in [0.1, 0.15) is 15.9 Å². The molecule has 2 rings (SSSR count). The second-order valence-corrected chi connectivity index (χ2v) is 6.69. The molecule has 0 bridgehead atoms. The third-order valence-electron chi connectivity index (χ3n) is 3.13. The smallest absolute Gasteiger partial charge is 0.348 e. The van der Waals surface area contributed by atoms with Crippen molar-refractivity contribution in [2.75, 3.05) is 5.32 Å². The van der Waals surface area contributed by atoms with Crippen LogP contribution in [0.5, 0.6) is 0 Å². The molecule has 0 saturated carbocycles. The van der Waals surface area contributed by atoms with E-state index in [0.717, 1.165) is 11.3 Å². The van der Waals surface area contributed by atoms with Crippen molar-refractivity contribution in [3.8, 4) is 6.07 Å². The van der Waals surface area contributed by atoms with Gasteiger partial charge < -0.3 is 10.1 Å². The van der Waals surface area contributed by atoms with Crippen LogP contribution in [0.3, 0.4) is 0 Å². The number of benzene rings is 1. The number of nitriles is 1. The van der Waals surface area contributed by atoms with Crippen molar-refractivity contribution in [3.05, 3.63) is 50.9 Å². The average Bonchev–Trinajstić information content (AvgIpc) is 2.82. The summed E-state index contributed by atoms with van der Waals surface area (Å²) < 4.78 is 5.17. The highest BCUT2D eigenvalue weighted by molar-refractivity contribution is 7.18. The van der Waals surface area contributed by atoms with Gasteiger partial charge in [0.2, 0.25) is 0 Å². The highest BCUT2D eigenvalue weighted by Gasteiger charge is 2.23. The van der Waals surface area contributed by atoms with Gasteiger partial charge in [0.05, 0.1) is 22.3 Å². The molecule has 0 spiro atoms. The summed E-state index contributed by atoms with van der Waals surface area (Å²) in [7, 11) is 0. The first-order valence-electron chi connectivity index (χ1n) is 7.15. The molecule has 1 amide bonds. The Morgan fingerprint density at radius 3 is 2.58 bits per heavy atom. The molecular formula is C17H15ClN2O3S. The van der Waals surface area contributed by atoms with Crippen LogP contribution >= 0.6 is 22.9 Å². The van der Waals surface area contributed by atoms with Gasteiger partial charge in [-0.05, 0) is 38.5 Å². The Hall–Kier alpha value is -2.36. The van der Waals surface area contributed by atoms with Crippen LogP contribution in [0.25, 0.3) is 0 Å². The molecule has 0 aliphatic carbocycles. The lowest BCUT2D eigenvalue weighted by molar-refractivity contribution is 0.0383. The molecule has 5 nitrogen and oxygen atoms in total. The van der Waals surface area contributed by atoms with Crippen molar-refractivity contribution in [3.63, 3.8) is 0 Å². The van der Waals surface area contributed by atoms with Crippen molar-refractivity contribution in [2.45, 2.75) is 26.9 Å². The zero-order chi connectivity index (χ0) is 17.9. The highest BCUT2D eigenvalue weighted by Crippen LogP contribution is 2.33. The molecular weight excluding hydrogens is 348 g/mol. The third-order valence-corrected chi connectivity index (χ3v) is 4.65. The molecule has 0 fully saturated rings. The van der Waals surface area contributed by atoms with E-state index in [4.69, 9.17) is 16.3 Å². The summed E-state index contributed by atoms with van der Waals surface area (Å²) in [4.78, 5) is 24.8. The van der Waals surface area contributed by atoms with E-state index in [9.17, 15) is 14.9 Å². The average molecular weight is 363 g/mol. The number of ether oxygens (including phenoxy) is 1. The summed E-state index contributed by atoms with van der Waals surface area (Å²) in [5.74, 6) is -0.954. The summed E-state index contributed by atoms with van der Waals surface area (Å²) >= 11 is 7.02. The fourth-order valence-electron chi connectivity index (χ4n) is 2.01. The number of thiophene rings is 1. The topological polar surface area (TPSA) is 79.2 Å². The molecule has 1 aromatic carbocycles. The Morgan fingerprint density at radius 1 is 1.33 bits per heavy atom. The van der Waals surface area contributed by atoms with Gasteiger partial charge in [0.25, 0.3) is 5.91 Å². The fraction of sp³-hybridized carbons (Fsp3) is 0.235. The van der Waals surface area contributed by atoms with E-state index >= 15 is 0 Å². The Bertz CT molecular complexity index is 837. The summed E-state index contributed by atoms with van der Waals surface area (Å²) in [6.45, 7) is 5.13. The Morgan fingerprint density at radius 2 is 2.00 bits per heavy atom. The summed E-state index contributed by atoms with van der Waals surface area (Å²) in [6, 6.07) is 8.61. The van der Waals surface area contributed by atoms with E-state index in [2.05, 4.69) is 5.32 Å². The Kier molecular flexibility index (Phi) is 5.60. The van der Waals surface area contributed by atoms with Crippen molar-refractivity contribution < 1.29 is 14.3 Å². The zero-order valence-electron chi connectivity index (χ0n) is 13.3. The Balaban J connectivity index is 2.34. The quantitative estimate of drug-likeness (QED) is 0.817. The number of hydrogen-bond acceptors (Lipinski definition) is 5. The summed E-state index contributed by atoms with van der Waals surface area (Å²) in [5.41, 5.74) is 1.03. The molecule has 7 heteroatoms. The minimum Gasteiger partial charge on any atom is -0.459 e. The second-order valence-electron chi connectivity index (χ2n) is 5.26. The van der Waals surface area contributed by atoms with Crippen LogP contribution in [0.4, 0.5) is 5.00 Å². The van der Waals surface area contributed by atoms with Gasteiger partial charge in [0.15, 0.2) is 0 Å². The van der Waals surface area contributed by atoms with Crippen molar-refractivity contribution in [1.29, 1.82) is 5.26 Å². The van der Waals surface area contributed by atoms with E-state index in [1.807, 2.05) is 6.07 Å². The van der Waals surface area contributed by atoms with Crippen molar-refractivity contribution in [1.82, 2.24) is 0 Å². The normalized spacial score (nSPS) is 10.3. The van der Waals surface area contributed by atoms with Gasteiger partial charge >= 0.3 is 5.97 Å². The van der Waals surface area contributed by atoms with Crippen LogP contribution in [-0.2, 0) is 4.74 Å². The third kappa shape index (κ3) is 3.75.